The van der Waals surface area contributed by atoms with Crippen LogP contribution in [0.15, 0.2) is 34.8 Å². The van der Waals surface area contributed by atoms with Gasteiger partial charge in [-0.25, -0.2) is 0 Å². The molecule has 1 aromatic heterocycles. The summed E-state index contributed by atoms with van der Waals surface area (Å²) in [6, 6.07) is 10.3. The lowest BCUT2D eigenvalue weighted by atomic mass is 10.1. The molecule has 0 bridgehead atoms. The van der Waals surface area contributed by atoms with Crippen molar-refractivity contribution in [3.05, 3.63) is 44.7 Å². The Morgan fingerprint density at radius 1 is 1.33 bits per heavy atom. The van der Waals surface area contributed by atoms with Gasteiger partial charge >= 0.3 is 0 Å². The van der Waals surface area contributed by atoms with Crippen LogP contribution in [-0.4, -0.2) is 0 Å². The molecule has 1 aromatic carbocycles. The Labute approximate surface area is 125 Å². The average molecular weight is 345 g/mol. The predicted molar refractivity (Wildman–Crippen MR) is 84.3 cm³/mol. The van der Waals surface area contributed by atoms with Crippen molar-refractivity contribution in [1.82, 2.24) is 0 Å². The van der Waals surface area contributed by atoms with Gasteiger partial charge in [0.15, 0.2) is 0 Å². The highest BCUT2D eigenvalue weighted by molar-refractivity contribution is 9.10. The fourth-order valence-electron chi connectivity index (χ4n) is 1.84. The fraction of sp³-hybridized carbons (Fsp3) is 0.286. The molecule has 0 fully saturated rings. The van der Waals surface area contributed by atoms with E-state index < -0.39 is 0 Å². The summed E-state index contributed by atoms with van der Waals surface area (Å²) in [4.78, 5) is 2.43. The molecule has 96 valence electrons. The van der Waals surface area contributed by atoms with E-state index in [1.807, 2.05) is 12.1 Å². The molecule has 0 aliphatic rings. The number of hydrogen-bond acceptors (Lipinski definition) is 2. The standard InChI is InChI=1S/C14H15BrClNS/c1-2-4-11(17)13-8-7-12(18-13)9-5-3-6-10(16)14(9)15/h3,5-8,11H,2,4,17H2,1H3. The average Bonchev–Trinajstić information content (AvgIpc) is 2.82. The fourth-order valence-corrected chi connectivity index (χ4v) is 3.70. The topological polar surface area (TPSA) is 26.0 Å². The molecule has 0 saturated heterocycles. The van der Waals surface area contributed by atoms with Gasteiger partial charge < -0.3 is 5.73 Å². The van der Waals surface area contributed by atoms with Gasteiger partial charge in [-0.3, -0.25) is 0 Å². The van der Waals surface area contributed by atoms with Gasteiger partial charge in [0.2, 0.25) is 0 Å². The Hall–Kier alpha value is -0.350. The van der Waals surface area contributed by atoms with E-state index in [-0.39, 0.29) is 6.04 Å². The maximum Gasteiger partial charge on any atom is 0.0554 e. The predicted octanol–water partition coefficient (Wildman–Crippen LogP) is 5.63. The summed E-state index contributed by atoms with van der Waals surface area (Å²) in [5.74, 6) is 0. The summed E-state index contributed by atoms with van der Waals surface area (Å²) in [6.07, 6.45) is 2.13. The van der Waals surface area contributed by atoms with Crippen LogP contribution in [0.5, 0.6) is 0 Å². The van der Waals surface area contributed by atoms with E-state index in [2.05, 4.69) is 41.1 Å². The molecule has 0 amide bonds. The number of rotatable bonds is 4. The zero-order chi connectivity index (χ0) is 13.1. The van der Waals surface area contributed by atoms with E-state index in [4.69, 9.17) is 17.3 Å². The Morgan fingerprint density at radius 3 is 2.83 bits per heavy atom. The smallest absolute Gasteiger partial charge is 0.0554 e. The van der Waals surface area contributed by atoms with Crippen LogP contribution < -0.4 is 5.73 Å². The molecular formula is C14H15BrClNS. The minimum Gasteiger partial charge on any atom is -0.323 e. The number of hydrogen-bond donors (Lipinski definition) is 1. The van der Waals surface area contributed by atoms with Crippen molar-refractivity contribution >= 4 is 38.9 Å². The van der Waals surface area contributed by atoms with E-state index >= 15 is 0 Å². The van der Waals surface area contributed by atoms with Gasteiger partial charge in [0, 0.05) is 25.8 Å². The number of halogens is 2. The van der Waals surface area contributed by atoms with Crippen molar-refractivity contribution in [2.45, 2.75) is 25.8 Å². The molecule has 1 heterocycles. The molecule has 1 atom stereocenters. The molecule has 1 nitrogen and oxygen atoms in total. The lowest BCUT2D eigenvalue weighted by Crippen LogP contribution is -2.07. The van der Waals surface area contributed by atoms with Crippen LogP contribution in [0.1, 0.15) is 30.7 Å². The lowest BCUT2D eigenvalue weighted by Gasteiger charge is -2.07. The van der Waals surface area contributed by atoms with E-state index in [0.717, 1.165) is 27.9 Å². The number of benzene rings is 1. The normalized spacial score (nSPS) is 12.7. The van der Waals surface area contributed by atoms with Gasteiger partial charge in [0.1, 0.15) is 0 Å². The highest BCUT2D eigenvalue weighted by atomic mass is 79.9. The summed E-state index contributed by atoms with van der Waals surface area (Å²) in [7, 11) is 0. The number of thiophene rings is 1. The lowest BCUT2D eigenvalue weighted by molar-refractivity contribution is 0.648. The molecule has 2 rings (SSSR count). The molecule has 0 spiro atoms. The van der Waals surface area contributed by atoms with E-state index in [0.29, 0.717) is 0 Å². The molecule has 0 aliphatic carbocycles. The zero-order valence-electron chi connectivity index (χ0n) is 10.1. The van der Waals surface area contributed by atoms with Crippen molar-refractivity contribution in [2.24, 2.45) is 5.73 Å². The Balaban J connectivity index is 2.32. The molecule has 0 saturated carbocycles. The molecule has 2 N–H and O–H groups in total. The van der Waals surface area contributed by atoms with Crippen molar-refractivity contribution < 1.29 is 0 Å². The molecular weight excluding hydrogens is 330 g/mol. The molecule has 18 heavy (non-hydrogen) atoms. The molecule has 1 unspecified atom stereocenters. The first-order valence-corrected chi connectivity index (χ1v) is 7.92. The van der Waals surface area contributed by atoms with Crippen molar-refractivity contribution in [1.29, 1.82) is 0 Å². The largest absolute Gasteiger partial charge is 0.323 e. The van der Waals surface area contributed by atoms with Gasteiger partial charge in [0.05, 0.1) is 5.02 Å². The molecule has 2 aromatic rings. The second-order valence-electron chi connectivity index (χ2n) is 4.20. The van der Waals surface area contributed by atoms with Gasteiger partial charge in [-0.2, -0.15) is 0 Å². The highest BCUT2D eigenvalue weighted by Crippen LogP contribution is 2.38. The van der Waals surface area contributed by atoms with Crippen LogP contribution in [0.4, 0.5) is 0 Å². The Bertz CT molecular complexity index is 538. The molecule has 0 aliphatic heterocycles. The second-order valence-corrected chi connectivity index (χ2v) is 6.51. The summed E-state index contributed by atoms with van der Waals surface area (Å²) in [5, 5.41) is 0.736. The van der Waals surface area contributed by atoms with Crippen LogP contribution in [0, 0.1) is 0 Å². The van der Waals surface area contributed by atoms with Crippen molar-refractivity contribution in [3.63, 3.8) is 0 Å². The molecule has 0 radical (unpaired) electrons. The summed E-state index contributed by atoms with van der Waals surface area (Å²) < 4.78 is 0.948. The Kier molecular flexibility index (Phi) is 4.84. The number of nitrogens with two attached hydrogens (primary N) is 1. The van der Waals surface area contributed by atoms with Gasteiger partial charge in [-0.15, -0.1) is 11.3 Å². The van der Waals surface area contributed by atoms with Crippen molar-refractivity contribution in [2.75, 3.05) is 0 Å². The third-order valence-corrected chi connectivity index (χ3v) is 5.46. The van der Waals surface area contributed by atoms with Gasteiger partial charge in [-0.05, 0) is 40.5 Å². The van der Waals surface area contributed by atoms with Crippen LogP contribution in [0.3, 0.4) is 0 Å². The van der Waals surface area contributed by atoms with E-state index in [1.54, 1.807) is 11.3 Å². The van der Waals surface area contributed by atoms with Crippen LogP contribution in [0.25, 0.3) is 10.4 Å². The van der Waals surface area contributed by atoms with Crippen molar-refractivity contribution in [3.8, 4) is 10.4 Å². The minimum absolute atomic E-state index is 0.145. The first-order chi connectivity index (χ1) is 8.63. The molecule has 4 heteroatoms. The third kappa shape index (κ3) is 2.97. The first kappa shape index (κ1) is 14.1. The van der Waals surface area contributed by atoms with E-state index in [1.165, 1.54) is 9.75 Å². The Morgan fingerprint density at radius 2 is 2.11 bits per heavy atom. The summed E-state index contributed by atoms with van der Waals surface area (Å²) in [6.45, 7) is 2.15. The van der Waals surface area contributed by atoms with Gasteiger partial charge in [-0.1, -0.05) is 37.1 Å². The third-order valence-electron chi connectivity index (χ3n) is 2.81. The minimum atomic E-state index is 0.145. The maximum absolute atomic E-state index is 6.14. The summed E-state index contributed by atoms with van der Waals surface area (Å²) >= 11 is 11.4. The highest BCUT2D eigenvalue weighted by Gasteiger charge is 2.12. The monoisotopic (exact) mass is 343 g/mol. The second kappa shape index (κ2) is 6.20. The van der Waals surface area contributed by atoms with E-state index in [9.17, 15) is 0 Å². The van der Waals surface area contributed by atoms with Gasteiger partial charge in [0.25, 0.3) is 0 Å². The first-order valence-electron chi connectivity index (χ1n) is 5.93. The van der Waals surface area contributed by atoms with Crippen LogP contribution in [0.2, 0.25) is 5.02 Å². The van der Waals surface area contributed by atoms with Crippen LogP contribution >= 0.6 is 38.9 Å². The summed E-state index contributed by atoms with van der Waals surface area (Å²) in [5.41, 5.74) is 7.26. The zero-order valence-corrected chi connectivity index (χ0v) is 13.3. The maximum atomic E-state index is 6.14. The van der Waals surface area contributed by atoms with Crippen LogP contribution in [-0.2, 0) is 0 Å². The SMILES string of the molecule is CCCC(N)c1ccc(-c2cccc(Cl)c2Br)s1. The quantitative estimate of drug-likeness (QED) is 0.764.